The van der Waals surface area contributed by atoms with E-state index in [-0.39, 0.29) is 23.5 Å². The van der Waals surface area contributed by atoms with E-state index >= 15 is 0 Å². The average Bonchev–Trinajstić information content (AvgIpc) is 3.25. The Bertz CT molecular complexity index is 1080. The monoisotopic (exact) mass is 451 g/mol. The molecule has 0 saturated carbocycles. The van der Waals surface area contributed by atoms with Crippen LogP contribution in [-0.2, 0) is 19.5 Å². The second kappa shape index (κ2) is 8.03. The van der Waals surface area contributed by atoms with Crippen LogP contribution in [0.2, 0.25) is 5.28 Å². The van der Waals surface area contributed by atoms with E-state index < -0.39 is 10.5 Å². The molecule has 1 unspecified atom stereocenters. The molecule has 1 aliphatic rings. The van der Waals surface area contributed by atoms with Gasteiger partial charge in [-0.25, -0.2) is 9.37 Å². The lowest BCUT2D eigenvalue weighted by atomic mass is 10.0. The number of fused-ring (bicyclic) bond motifs is 1. The second-order valence-electron chi connectivity index (χ2n) is 7.61. The van der Waals surface area contributed by atoms with Gasteiger partial charge >= 0.3 is 11.1 Å². The topological polar surface area (TPSA) is 97.3 Å². The first kappa shape index (κ1) is 20.9. The Labute approximate surface area is 180 Å². The van der Waals surface area contributed by atoms with Crippen molar-refractivity contribution in [1.29, 1.82) is 0 Å². The molecule has 8 nitrogen and oxygen atoms in total. The summed E-state index contributed by atoms with van der Waals surface area (Å²) in [5.41, 5.74) is 0.661. The first-order chi connectivity index (χ1) is 14.2. The van der Waals surface area contributed by atoms with Gasteiger partial charge in [0.2, 0.25) is 0 Å². The molecule has 0 amide bonds. The van der Waals surface area contributed by atoms with E-state index in [1.807, 2.05) is 0 Å². The molecule has 3 heterocycles. The van der Waals surface area contributed by atoms with E-state index in [2.05, 4.69) is 9.88 Å². The highest BCUT2D eigenvalue weighted by Gasteiger charge is 2.30. The molecule has 0 radical (unpaired) electrons. The lowest BCUT2D eigenvalue weighted by molar-refractivity contribution is -0.389. The number of thiazole rings is 1. The van der Waals surface area contributed by atoms with Crippen LogP contribution in [0.3, 0.4) is 0 Å². The third-order valence-electron chi connectivity index (χ3n) is 4.88. The quantitative estimate of drug-likeness (QED) is 0.455. The number of aromatic nitrogens is 3. The molecule has 0 aliphatic carbocycles. The first-order valence-electron chi connectivity index (χ1n) is 9.26. The number of nitrogens with zero attached hydrogens (tertiary/aromatic N) is 5. The van der Waals surface area contributed by atoms with Crippen LogP contribution >= 0.6 is 22.9 Å². The summed E-state index contributed by atoms with van der Waals surface area (Å²) < 4.78 is 14.5. The Balaban J connectivity index is 1.44. The normalized spacial score (nSPS) is 16.3. The van der Waals surface area contributed by atoms with E-state index in [9.17, 15) is 19.6 Å². The Hall–Kier alpha value is -2.40. The second-order valence-corrected chi connectivity index (χ2v) is 9.03. The van der Waals surface area contributed by atoms with Gasteiger partial charge in [-0.15, -0.1) is 11.3 Å². The molecule has 1 N–H and O–H groups in total. The van der Waals surface area contributed by atoms with Gasteiger partial charge in [-0.2, -0.15) is 0 Å². The molecule has 2 aromatic heterocycles. The van der Waals surface area contributed by atoms with Gasteiger partial charge in [0, 0.05) is 30.1 Å². The molecular weight excluding hydrogens is 433 g/mol. The number of hydrogen-bond donors (Lipinski definition) is 1. The van der Waals surface area contributed by atoms with Gasteiger partial charge in [0.05, 0.1) is 17.8 Å². The number of nitro groups is 1. The van der Waals surface area contributed by atoms with Crippen molar-refractivity contribution in [2.75, 3.05) is 13.1 Å². The van der Waals surface area contributed by atoms with Gasteiger partial charge in [0.1, 0.15) is 17.0 Å². The number of benzene rings is 1. The zero-order chi connectivity index (χ0) is 21.5. The Morgan fingerprint density at radius 1 is 1.33 bits per heavy atom. The summed E-state index contributed by atoms with van der Waals surface area (Å²) in [5.74, 6) is -0.633. The van der Waals surface area contributed by atoms with Crippen LogP contribution in [0.1, 0.15) is 17.5 Å². The average molecular weight is 452 g/mol. The number of hydrogen-bond acceptors (Lipinski definition) is 7. The van der Waals surface area contributed by atoms with E-state index in [0.29, 0.717) is 13.1 Å². The minimum absolute atomic E-state index is 0.0358. The fourth-order valence-electron chi connectivity index (χ4n) is 3.58. The minimum atomic E-state index is -1.18. The fraction of sp³-hybridized carbons (Fsp3) is 0.368. The molecule has 30 heavy (non-hydrogen) atoms. The van der Waals surface area contributed by atoms with Crippen LogP contribution in [0.15, 0.2) is 30.5 Å². The minimum Gasteiger partial charge on any atom is -0.387 e. The van der Waals surface area contributed by atoms with Crippen LogP contribution in [0.4, 0.5) is 10.2 Å². The highest BCUT2D eigenvalue weighted by molar-refractivity contribution is 7.15. The van der Waals surface area contributed by atoms with Crippen molar-refractivity contribution < 1.29 is 14.4 Å². The molecule has 0 saturated heterocycles. The summed E-state index contributed by atoms with van der Waals surface area (Å²) in [7, 11) is 0. The lowest BCUT2D eigenvalue weighted by Gasteiger charge is -2.33. The number of rotatable bonds is 6. The maximum atomic E-state index is 13.2. The maximum absolute atomic E-state index is 13.2. The molecule has 0 spiro atoms. The summed E-state index contributed by atoms with van der Waals surface area (Å²) in [6.45, 7) is 3.43. The fourth-order valence-corrected chi connectivity index (χ4v) is 4.84. The van der Waals surface area contributed by atoms with Crippen LogP contribution in [0.5, 0.6) is 0 Å². The molecular formula is C19H19ClFN5O3S. The molecule has 1 atom stereocenters. The van der Waals surface area contributed by atoms with Crippen LogP contribution < -0.4 is 0 Å². The van der Waals surface area contributed by atoms with Crippen LogP contribution in [0, 0.1) is 15.9 Å². The standard InChI is InChI=1S/C19H19ClFN5O3S/c1-19(27,11-25-9-16(26(28)29)23-18(25)20)10-24-7-6-15-14(8-24)22-17(30-15)12-2-4-13(21)5-3-12/h2-5,9,27H,6-8,10-11H2,1H3. The summed E-state index contributed by atoms with van der Waals surface area (Å²) in [5, 5.41) is 22.6. The predicted molar refractivity (Wildman–Crippen MR) is 111 cm³/mol. The van der Waals surface area contributed by atoms with Gasteiger partial charge < -0.3 is 15.2 Å². The zero-order valence-electron chi connectivity index (χ0n) is 16.1. The van der Waals surface area contributed by atoms with E-state index in [4.69, 9.17) is 16.6 Å². The molecule has 1 aromatic carbocycles. The lowest BCUT2D eigenvalue weighted by Crippen LogP contribution is -2.45. The molecule has 1 aliphatic heterocycles. The van der Waals surface area contributed by atoms with Crippen molar-refractivity contribution >= 4 is 28.8 Å². The Morgan fingerprint density at radius 3 is 2.73 bits per heavy atom. The number of imidazole rings is 1. The largest absolute Gasteiger partial charge is 0.387 e. The maximum Gasteiger partial charge on any atom is 0.383 e. The Morgan fingerprint density at radius 2 is 2.07 bits per heavy atom. The molecule has 11 heteroatoms. The van der Waals surface area contributed by atoms with Crippen molar-refractivity contribution in [1.82, 2.24) is 19.4 Å². The van der Waals surface area contributed by atoms with Crippen molar-refractivity contribution in [3.05, 3.63) is 62.2 Å². The summed E-state index contributed by atoms with van der Waals surface area (Å²) in [4.78, 5) is 21.9. The highest BCUT2D eigenvalue weighted by Crippen LogP contribution is 2.32. The molecule has 158 valence electrons. The zero-order valence-corrected chi connectivity index (χ0v) is 17.7. The van der Waals surface area contributed by atoms with Crippen molar-refractivity contribution in [3.8, 4) is 10.6 Å². The van der Waals surface area contributed by atoms with Gasteiger partial charge in [-0.3, -0.25) is 9.47 Å². The van der Waals surface area contributed by atoms with Gasteiger partial charge in [-0.05, 0) is 59.1 Å². The Kier molecular flexibility index (Phi) is 5.58. The number of halogens is 2. The van der Waals surface area contributed by atoms with Gasteiger partial charge in [0.15, 0.2) is 0 Å². The van der Waals surface area contributed by atoms with E-state index in [0.717, 1.165) is 29.2 Å². The van der Waals surface area contributed by atoms with Crippen molar-refractivity contribution in [3.63, 3.8) is 0 Å². The molecule has 3 aromatic rings. The number of aliphatic hydroxyl groups is 1. The van der Waals surface area contributed by atoms with E-state index in [1.165, 1.54) is 27.8 Å². The van der Waals surface area contributed by atoms with Gasteiger partial charge in [0.25, 0.3) is 0 Å². The highest BCUT2D eigenvalue weighted by atomic mass is 35.5. The molecule has 0 bridgehead atoms. The van der Waals surface area contributed by atoms with Crippen LogP contribution in [-0.4, -0.2) is 48.2 Å². The summed E-state index contributed by atoms with van der Waals surface area (Å²) in [6, 6.07) is 6.28. The predicted octanol–water partition coefficient (Wildman–Crippen LogP) is 3.52. The van der Waals surface area contributed by atoms with E-state index in [1.54, 1.807) is 30.4 Å². The van der Waals surface area contributed by atoms with Crippen molar-refractivity contribution in [2.45, 2.75) is 32.0 Å². The summed E-state index contributed by atoms with van der Waals surface area (Å²) in [6.07, 6.45) is 2.03. The molecule has 4 rings (SSSR count). The number of β-amino-alcohol motifs (C(OH)–C–C–N with tert-alkyl or cyclic N) is 1. The molecule has 0 fully saturated rings. The third-order valence-corrected chi connectivity index (χ3v) is 6.38. The summed E-state index contributed by atoms with van der Waals surface area (Å²) >= 11 is 7.57. The smallest absolute Gasteiger partial charge is 0.383 e. The first-order valence-corrected chi connectivity index (χ1v) is 10.5. The van der Waals surface area contributed by atoms with Crippen LogP contribution in [0.25, 0.3) is 10.6 Å². The third kappa shape index (κ3) is 4.51. The van der Waals surface area contributed by atoms with Gasteiger partial charge in [-0.1, -0.05) is 0 Å². The SMILES string of the molecule is CC(O)(CN1CCc2sc(-c3ccc(F)cc3)nc2C1)Cn1cc([N+](=O)[O-])nc1Cl. The van der Waals surface area contributed by atoms with Crippen molar-refractivity contribution in [2.24, 2.45) is 0 Å².